The van der Waals surface area contributed by atoms with Gasteiger partial charge in [0.15, 0.2) is 0 Å². The number of dihydropyridines is 1. The van der Waals surface area contributed by atoms with Crippen molar-refractivity contribution in [3.63, 3.8) is 0 Å². The minimum absolute atomic E-state index is 0.00962. The van der Waals surface area contributed by atoms with Gasteiger partial charge in [-0.1, -0.05) is 12.1 Å². The van der Waals surface area contributed by atoms with Gasteiger partial charge in [0.1, 0.15) is 18.3 Å². The highest BCUT2D eigenvalue weighted by atomic mass is 19.1. The second-order valence-electron chi connectivity index (χ2n) is 6.31. The zero-order valence-electron chi connectivity index (χ0n) is 16.8. The summed E-state index contributed by atoms with van der Waals surface area (Å²) >= 11 is 0. The molecule has 1 aromatic rings. The zero-order chi connectivity index (χ0) is 21.6. The Morgan fingerprint density at radius 1 is 0.897 bits per heavy atom. The van der Waals surface area contributed by atoms with E-state index >= 15 is 0 Å². The fraction of sp³-hybridized carbons (Fsp3) is 0.381. The average molecular weight is 405 g/mol. The summed E-state index contributed by atoms with van der Waals surface area (Å²) in [5.41, 5.74) is 1.31. The number of esters is 3. The second kappa shape index (κ2) is 9.86. The molecular weight excluding hydrogens is 381 g/mol. The van der Waals surface area contributed by atoms with Crippen LogP contribution in [0.25, 0.3) is 0 Å². The third-order valence-electron chi connectivity index (χ3n) is 4.28. The minimum atomic E-state index is -1.30. The molecule has 0 aliphatic carbocycles. The Morgan fingerprint density at radius 2 is 1.38 bits per heavy atom. The van der Waals surface area contributed by atoms with Crippen molar-refractivity contribution < 1.29 is 33.0 Å². The van der Waals surface area contributed by atoms with Gasteiger partial charge in [-0.2, -0.15) is 0 Å². The molecular formula is C21H24FNO6. The lowest BCUT2D eigenvalue weighted by molar-refractivity contribution is -0.152. The summed E-state index contributed by atoms with van der Waals surface area (Å²) in [6, 6.07) is 5.45. The molecule has 7 nitrogen and oxygen atoms in total. The summed E-state index contributed by atoms with van der Waals surface area (Å²) < 4.78 is 28.5. The lowest BCUT2D eigenvalue weighted by Gasteiger charge is -2.28. The van der Waals surface area contributed by atoms with E-state index in [0.29, 0.717) is 17.0 Å². The molecule has 1 heterocycles. The van der Waals surface area contributed by atoms with Crippen LogP contribution < -0.4 is 5.32 Å². The molecule has 1 N–H and O–H groups in total. The maximum absolute atomic E-state index is 13.1. The van der Waals surface area contributed by atoms with Crippen molar-refractivity contribution in [3.8, 4) is 0 Å². The molecule has 0 amide bonds. The number of allylic oxidation sites excluding steroid dienone is 2. The van der Waals surface area contributed by atoms with Gasteiger partial charge in [-0.05, 0) is 45.4 Å². The van der Waals surface area contributed by atoms with Crippen LogP contribution in [0.5, 0.6) is 0 Å². The van der Waals surface area contributed by atoms with Gasteiger partial charge in [0.2, 0.25) is 0 Å². The van der Waals surface area contributed by atoms with E-state index in [1.54, 1.807) is 27.7 Å². The highest BCUT2D eigenvalue weighted by Gasteiger charge is 2.42. The third kappa shape index (κ3) is 5.22. The van der Waals surface area contributed by atoms with Crippen molar-refractivity contribution in [2.24, 2.45) is 5.92 Å². The Labute approximate surface area is 168 Å². The van der Waals surface area contributed by atoms with Crippen LogP contribution in [0.4, 0.5) is 4.39 Å². The van der Waals surface area contributed by atoms with Crippen molar-refractivity contribution in [2.75, 3.05) is 13.2 Å². The Morgan fingerprint density at radius 3 is 1.83 bits per heavy atom. The van der Waals surface area contributed by atoms with E-state index in [1.807, 2.05) is 0 Å². The Balaban J connectivity index is 2.37. The number of benzene rings is 1. The lowest BCUT2D eigenvalue weighted by Crippen LogP contribution is -2.38. The third-order valence-corrected chi connectivity index (χ3v) is 4.28. The number of nitrogens with one attached hydrogen (secondary N) is 1. The summed E-state index contributed by atoms with van der Waals surface area (Å²) in [5.74, 6) is -3.97. The van der Waals surface area contributed by atoms with E-state index in [0.717, 1.165) is 0 Å². The molecule has 1 aliphatic heterocycles. The van der Waals surface area contributed by atoms with Crippen LogP contribution in [-0.2, 0) is 35.2 Å². The molecule has 0 bridgehead atoms. The Bertz CT molecular complexity index is 816. The highest BCUT2D eigenvalue weighted by molar-refractivity contribution is 6.05. The van der Waals surface area contributed by atoms with Gasteiger partial charge in [0.05, 0.1) is 24.4 Å². The molecule has 156 valence electrons. The van der Waals surface area contributed by atoms with Crippen molar-refractivity contribution in [1.29, 1.82) is 0 Å². The highest BCUT2D eigenvalue weighted by Crippen LogP contribution is 2.32. The summed E-state index contributed by atoms with van der Waals surface area (Å²) in [6.07, 6.45) is 0. The monoisotopic (exact) mass is 405 g/mol. The summed E-state index contributed by atoms with van der Waals surface area (Å²) in [5, 5.41) is 2.93. The first kappa shape index (κ1) is 22.1. The fourth-order valence-corrected chi connectivity index (χ4v) is 3.01. The largest absolute Gasteiger partial charge is 0.463 e. The van der Waals surface area contributed by atoms with Gasteiger partial charge in [-0.25, -0.2) is 14.0 Å². The molecule has 0 atom stereocenters. The summed E-state index contributed by atoms with van der Waals surface area (Å²) in [7, 11) is 0. The van der Waals surface area contributed by atoms with Crippen LogP contribution in [0.15, 0.2) is 46.8 Å². The topological polar surface area (TPSA) is 90.9 Å². The van der Waals surface area contributed by atoms with Gasteiger partial charge in [0.25, 0.3) is 0 Å². The van der Waals surface area contributed by atoms with E-state index in [1.165, 1.54) is 24.3 Å². The van der Waals surface area contributed by atoms with E-state index in [9.17, 15) is 18.8 Å². The molecule has 0 unspecified atom stereocenters. The normalized spacial score (nSPS) is 14.4. The van der Waals surface area contributed by atoms with Crippen LogP contribution in [0.1, 0.15) is 33.3 Å². The molecule has 0 radical (unpaired) electrons. The first-order valence-electron chi connectivity index (χ1n) is 9.23. The predicted octanol–water partition coefficient (Wildman–Crippen LogP) is 2.76. The van der Waals surface area contributed by atoms with Crippen molar-refractivity contribution in [2.45, 2.75) is 34.3 Å². The van der Waals surface area contributed by atoms with Gasteiger partial charge in [-0.15, -0.1) is 0 Å². The summed E-state index contributed by atoms with van der Waals surface area (Å²) in [4.78, 5) is 38.0. The van der Waals surface area contributed by atoms with Crippen molar-refractivity contribution in [3.05, 3.63) is 58.2 Å². The SMILES string of the molecule is CCOC(=O)C1=C(C)NC(C)=C(C(=O)OCC)C1C(=O)OCc1ccc(F)cc1. The molecule has 8 heteroatoms. The van der Waals surface area contributed by atoms with Crippen LogP contribution >= 0.6 is 0 Å². The molecule has 29 heavy (non-hydrogen) atoms. The smallest absolute Gasteiger partial charge is 0.337 e. The van der Waals surface area contributed by atoms with Gasteiger partial charge in [0, 0.05) is 11.4 Å². The van der Waals surface area contributed by atoms with E-state index in [2.05, 4.69) is 5.32 Å². The first-order valence-corrected chi connectivity index (χ1v) is 9.23. The molecule has 0 fully saturated rings. The summed E-state index contributed by atoms with van der Waals surface area (Å²) in [6.45, 7) is 6.55. The Kier molecular flexibility index (Phi) is 7.52. The number of hydrogen-bond acceptors (Lipinski definition) is 7. The minimum Gasteiger partial charge on any atom is -0.463 e. The fourth-order valence-electron chi connectivity index (χ4n) is 3.01. The van der Waals surface area contributed by atoms with Crippen LogP contribution in [0.2, 0.25) is 0 Å². The van der Waals surface area contributed by atoms with Crippen LogP contribution in [0, 0.1) is 11.7 Å². The standard InChI is InChI=1S/C21H24FNO6/c1-5-27-19(24)16-12(3)23-13(4)17(20(25)28-6-2)18(16)21(26)29-11-14-7-9-15(22)10-8-14/h7-10,18,23H,5-6,11H2,1-4H3. The van der Waals surface area contributed by atoms with Crippen LogP contribution in [-0.4, -0.2) is 31.1 Å². The number of rotatable bonds is 7. The van der Waals surface area contributed by atoms with Gasteiger partial charge < -0.3 is 19.5 Å². The number of ether oxygens (including phenoxy) is 3. The lowest BCUT2D eigenvalue weighted by atomic mass is 9.85. The van der Waals surface area contributed by atoms with Crippen molar-refractivity contribution >= 4 is 17.9 Å². The maximum atomic E-state index is 13.1. The number of hydrogen-bond donors (Lipinski definition) is 1. The van der Waals surface area contributed by atoms with Crippen molar-refractivity contribution in [1.82, 2.24) is 5.32 Å². The number of carbonyl (C=O) groups excluding carboxylic acids is 3. The van der Waals surface area contributed by atoms with E-state index in [-0.39, 0.29) is 31.0 Å². The zero-order valence-corrected chi connectivity index (χ0v) is 16.8. The van der Waals surface area contributed by atoms with Gasteiger partial charge >= 0.3 is 17.9 Å². The maximum Gasteiger partial charge on any atom is 0.337 e. The van der Waals surface area contributed by atoms with Gasteiger partial charge in [-0.3, -0.25) is 4.79 Å². The Hall–Kier alpha value is -3.16. The second-order valence-corrected chi connectivity index (χ2v) is 6.31. The molecule has 0 saturated heterocycles. The molecule has 1 aromatic carbocycles. The van der Waals surface area contributed by atoms with Crippen LogP contribution in [0.3, 0.4) is 0 Å². The molecule has 0 spiro atoms. The van der Waals surface area contributed by atoms with E-state index in [4.69, 9.17) is 14.2 Å². The molecule has 0 saturated carbocycles. The van der Waals surface area contributed by atoms with E-state index < -0.39 is 29.6 Å². The first-order chi connectivity index (χ1) is 13.8. The predicted molar refractivity (Wildman–Crippen MR) is 101 cm³/mol. The molecule has 2 rings (SSSR count). The number of carbonyl (C=O) groups is 3. The molecule has 1 aliphatic rings. The number of halogens is 1. The average Bonchev–Trinajstić information content (AvgIpc) is 2.66. The molecule has 0 aromatic heterocycles. The quantitative estimate of drug-likeness (QED) is 0.551.